The van der Waals surface area contributed by atoms with E-state index in [0.29, 0.717) is 10.3 Å². The lowest BCUT2D eigenvalue weighted by atomic mass is 10.2. The molecule has 1 aromatic heterocycles. The van der Waals surface area contributed by atoms with Crippen LogP contribution in [0.4, 0.5) is 0 Å². The zero-order chi connectivity index (χ0) is 7.84. The van der Waals surface area contributed by atoms with Crippen LogP contribution < -0.4 is 0 Å². The Labute approximate surface area is 71.6 Å². The molecule has 0 saturated carbocycles. The number of phenols is 1. The van der Waals surface area contributed by atoms with Gasteiger partial charge in [0, 0.05) is 5.39 Å². The van der Waals surface area contributed by atoms with Crippen LogP contribution in [0.5, 0.6) is 5.75 Å². The van der Waals surface area contributed by atoms with E-state index in [9.17, 15) is 5.11 Å². The topological polar surface area (TPSA) is 33.4 Å². The summed E-state index contributed by atoms with van der Waals surface area (Å²) in [6, 6.07) is 7.07. The molecule has 1 aromatic carbocycles. The second-order valence-electron chi connectivity index (χ2n) is 2.25. The van der Waals surface area contributed by atoms with Gasteiger partial charge in [-0.25, -0.2) is 0 Å². The van der Waals surface area contributed by atoms with Gasteiger partial charge in [0.05, 0.1) is 0 Å². The molecule has 0 aliphatic heterocycles. The number of fused-ring (bicyclic) bond motifs is 1. The van der Waals surface area contributed by atoms with Gasteiger partial charge in [0.15, 0.2) is 16.0 Å². The van der Waals surface area contributed by atoms with Crippen molar-refractivity contribution in [3.05, 3.63) is 28.9 Å². The minimum atomic E-state index is 0.174. The monoisotopic (exact) mass is 212 g/mol. The predicted molar refractivity (Wildman–Crippen MR) is 45.6 cm³/mol. The van der Waals surface area contributed by atoms with Crippen LogP contribution in [0.25, 0.3) is 11.0 Å². The Morgan fingerprint density at radius 2 is 2.18 bits per heavy atom. The predicted octanol–water partition coefficient (Wildman–Crippen LogP) is 2.90. The molecule has 0 unspecified atom stereocenters. The fourth-order valence-electron chi connectivity index (χ4n) is 1.02. The van der Waals surface area contributed by atoms with E-state index in [1.54, 1.807) is 12.1 Å². The molecule has 3 heteroatoms. The standard InChI is InChI=1S/C8H5BrO2/c9-7-4-5-2-1-3-6(10)8(5)11-7/h1-4,10H. The van der Waals surface area contributed by atoms with E-state index in [0.717, 1.165) is 5.39 Å². The van der Waals surface area contributed by atoms with Crippen LogP contribution in [0.15, 0.2) is 33.4 Å². The molecule has 0 aliphatic rings. The lowest BCUT2D eigenvalue weighted by molar-refractivity contribution is 0.462. The van der Waals surface area contributed by atoms with Gasteiger partial charge in [-0.2, -0.15) is 0 Å². The third-order valence-electron chi connectivity index (χ3n) is 1.49. The minimum Gasteiger partial charge on any atom is -0.504 e. The van der Waals surface area contributed by atoms with Gasteiger partial charge in [0.2, 0.25) is 0 Å². The molecule has 0 radical (unpaired) electrons. The smallest absolute Gasteiger partial charge is 0.177 e. The molecule has 0 saturated heterocycles. The number of para-hydroxylation sites is 1. The molecule has 0 atom stereocenters. The fourth-order valence-corrected chi connectivity index (χ4v) is 1.42. The molecule has 1 N–H and O–H groups in total. The molecule has 0 aliphatic carbocycles. The van der Waals surface area contributed by atoms with E-state index in [-0.39, 0.29) is 5.75 Å². The number of hydrogen-bond acceptors (Lipinski definition) is 2. The number of phenolic OH excluding ortho intramolecular Hbond substituents is 1. The van der Waals surface area contributed by atoms with Gasteiger partial charge in [-0.3, -0.25) is 0 Å². The highest BCUT2D eigenvalue weighted by Crippen LogP contribution is 2.29. The van der Waals surface area contributed by atoms with Gasteiger partial charge >= 0.3 is 0 Å². The second-order valence-corrected chi connectivity index (χ2v) is 3.03. The van der Waals surface area contributed by atoms with E-state index >= 15 is 0 Å². The summed E-state index contributed by atoms with van der Waals surface area (Å²) in [4.78, 5) is 0. The summed E-state index contributed by atoms with van der Waals surface area (Å²) in [7, 11) is 0. The van der Waals surface area contributed by atoms with Gasteiger partial charge in [0.1, 0.15) is 0 Å². The van der Waals surface area contributed by atoms with E-state index in [1.165, 1.54) is 0 Å². The largest absolute Gasteiger partial charge is 0.504 e. The van der Waals surface area contributed by atoms with E-state index < -0.39 is 0 Å². The Morgan fingerprint density at radius 1 is 1.36 bits per heavy atom. The fraction of sp³-hybridized carbons (Fsp3) is 0. The zero-order valence-corrected chi connectivity index (χ0v) is 7.13. The minimum absolute atomic E-state index is 0.174. The molecule has 2 nitrogen and oxygen atoms in total. The third-order valence-corrected chi connectivity index (χ3v) is 1.88. The summed E-state index contributed by atoms with van der Waals surface area (Å²) in [6.07, 6.45) is 0. The molecule has 56 valence electrons. The first-order valence-electron chi connectivity index (χ1n) is 3.14. The van der Waals surface area contributed by atoms with Crippen LogP contribution in [0.1, 0.15) is 0 Å². The van der Waals surface area contributed by atoms with Crippen molar-refractivity contribution in [1.29, 1.82) is 0 Å². The summed E-state index contributed by atoms with van der Waals surface area (Å²) in [5, 5.41) is 10.2. The van der Waals surface area contributed by atoms with Crippen molar-refractivity contribution in [3.63, 3.8) is 0 Å². The van der Waals surface area contributed by atoms with Crippen LogP contribution >= 0.6 is 15.9 Å². The molecule has 0 spiro atoms. The number of hydrogen-bond donors (Lipinski definition) is 1. The highest BCUT2D eigenvalue weighted by Gasteiger charge is 2.03. The molecule has 2 aromatic rings. The molecular formula is C8H5BrO2. The normalized spacial score (nSPS) is 10.6. The average Bonchev–Trinajstić information content (AvgIpc) is 2.31. The summed E-state index contributed by atoms with van der Waals surface area (Å²) in [5.41, 5.74) is 0.527. The Kier molecular flexibility index (Phi) is 1.39. The molecule has 2 rings (SSSR count). The maximum absolute atomic E-state index is 9.27. The van der Waals surface area contributed by atoms with Crippen molar-refractivity contribution < 1.29 is 9.52 Å². The van der Waals surface area contributed by atoms with Gasteiger partial charge in [-0.1, -0.05) is 12.1 Å². The number of aromatic hydroxyl groups is 1. The second kappa shape index (κ2) is 2.27. The van der Waals surface area contributed by atoms with E-state index in [2.05, 4.69) is 15.9 Å². The molecule has 1 heterocycles. The van der Waals surface area contributed by atoms with E-state index in [4.69, 9.17) is 4.42 Å². The summed E-state index contributed by atoms with van der Waals surface area (Å²) in [6.45, 7) is 0. The number of rotatable bonds is 0. The molecule has 11 heavy (non-hydrogen) atoms. The van der Waals surface area contributed by atoms with Crippen LogP contribution in [-0.4, -0.2) is 5.11 Å². The Morgan fingerprint density at radius 3 is 2.91 bits per heavy atom. The van der Waals surface area contributed by atoms with Gasteiger partial charge in [0.25, 0.3) is 0 Å². The Bertz CT molecular complexity index is 392. The summed E-state index contributed by atoms with van der Waals surface area (Å²) in [5.74, 6) is 0.174. The lowest BCUT2D eigenvalue weighted by Gasteiger charge is -1.89. The number of halogens is 1. The maximum Gasteiger partial charge on any atom is 0.177 e. The van der Waals surface area contributed by atoms with Crippen LogP contribution in [0.2, 0.25) is 0 Å². The van der Waals surface area contributed by atoms with Crippen LogP contribution in [-0.2, 0) is 0 Å². The first kappa shape index (κ1) is 6.73. The number of benzene rings is 1. The Balaban J connectivity index is 2.90. The summed E-state index contributed by atoms with van der Waals surface area (Å²) >= 11 is 3.18. The third kappa shape index (κ3) is 1.01. The van der Waals surface area contributed by atoms with Gasteiger partial charge in [-0.15, -0.1) is 0 Å². The van der Waals surface area contributed by atoms with Crippen molar-refractivity contribution in [1.82, 2.24) is 0 Å². The molecular weight excluding hydrogens is 208 g/mol. The van der Waals surface area contributed by atoms with Crippen molar-refractivity contribution in [2.75, 3.05) is 0 Å². The van der Waals surface area contributed by atoms with E-state index in [1.807, 2.05) is 12.1 Å². The SMILES string of the molecule is Oc1cccc2cc(Br)oc12. The van der Waals surface area contributed by atoms with Crippen molar-refractivity contribution in [2.24, 2.45) is 0 Å². The Hall–Kier alpha value is -0.960. The zero-order valence-electron chi connectivity index (χ0n) is 5.54. The van der Waals surface area contributed by atoms with Gasteiger partial charge in [-0.05, 0) is 28.1 Å². The first-order chi connectivity index (χ1) is 5.27. The van der Waals surface area contributed by atoms with Crippen molar-refractivity contribution in [3.8, 4) is 5.75 Å². The van der Waals surface area contributed by atoms with Crippen molar-refractivity contribution >= 4 is 26.9 Å². The molecule has 0 amide bonds. The molecule has 0 bridgehead atoms. The quantitative estimate of drug-likeness (QED) is 0.729. The maximum atomic E-state index is 9.27. The average molecular weight is 213 g/mol. The molecule has 0 fully saturated rings. The van der Waals surface area contributed by atoms with Gasteiger partial charge < -0.3 is 9.52 Å². The highest BCUT2D eigenvalue weighted by molar-refractivity contribution is 9.10. The van der Waals surface area contributed by atoms with Crippen LogP contribution in [0.3, 0.4) is 0 Å². The first-order valence-corrected chi connectivity index (χ1v) is 3.94. The highest BCUT2D eigenvalue weighted by atomic mass is 79.9. The lowest BCUT2D eigenvalue weighted by Crippen LogP contribution is -1.63. The van der Waals surface area contributed by atoms with Crippen molar-refractivity contribution in [2.45, 2.75) is 0 Å². The van der Waals surface area contributed by atoms with Crippen LogP contribution in [0, 0.1) is 0 Å². The summed E-state index contributed by atoms with van der Waals surface area (Å²) < 4.78 is 5.80. The number of furan rings is 1.